The van der Waals surface area contributed by atoms with Gasteiger partial charge in [0.25, 0.3) is 0 Å². The molecule has 3 rings (SSSR count). The topological polar surface area (TPSA) is 62.3 Å². The van der Waals surface area contributed by atoms with Crippen molar-refractivity contribution in [1.29, 1.82) is 0 Å². The van der Waals surface area contributed by atoms with E-state index in [4.69, 9.17) is 15.2 Å². The number of ether oxygens (including phenoxy) is 2. The van der Waals surface area contributed by atoms with Crippen LogP contribution in [0.3, 0.4) is 0 Å². The number of hydrogen-bond donors (Lipinski definition) is 1. The molecule has 0 atom stereocenters. The minimum Gasteiger partial charge on any atom is -0.497 e. The van der Waals surface area contributed by atoms with E-state index in [1.165, 1.54) is 0 Å². The summed E-state index contributed by atoms with van der Waals surface area (Å²) >= 11 is 0. The molecular formula is C16H17N3O2. The van der Waals surface area contributed by atoms with Crippen molar-refractivity contribution >= 4 is 17.0 Å². The first-order valence-electron chi connectivity index (χ1n) is 6.61. The molecule has 0 aliphatic carbocycles. The van der Waals surface area contributed by atoms with E-state index >= 15 is 0 Å². The Morgan fingerprint density at radius 1 is 1.10 bits per heavy atom. The summed E-state index contributed by atoms with van der Waals surface area (Å²) in [5, 5.41) is 0. The van der Waals surface area contributed by atoms with Crippen molar-refractivity contribution < 1.29 is 9.47 Å². The summed E-state index contributed by atoms with van der Waals surface area (Å²) in [6.07, 6.45) is 0. The van der Waals surface area contributed by atoms with Crippen molar-refractivity contribution in [3.8, 4) is 17.2 Å². The molecule has 5 nitrogen and oxygen atoms in total. The summed E-state index contributed by atoms with van der Waals surface area (Å²) in [6, 6.07) is 11.6. The lowest BCUT2D eigenvalue weighted by atomic mass is 10.2. The lowest BCUT2D eigenvalue weighted by molar-refractivity contribution is 0.393. The number of hydrogen-bond acceptors (Lipinski definition) is 4. The average molecular weight is 283 g/mol. The number of anilines is 1. The Hall–Kier alpha value is -2.69. The standard InChI is InChI=1S/C16H17N3O2/c1-10-5-4-6-12-15(10)19(16(17)18-12)13-8-7-11(20-2)9-14(13)21-3/h4-9H,1-3H3,(H2,17,18). The zero-order chi connectivity index (χ0) is 15.0. The highest BCUT2D eigenvalue weighted by Gasteiger charge is 2.15. The zero-order valence-electron chi connectivity index (χ0n) is 12.3. The Morgan fingerprint density at radius 3 is 2.62 bits per heavy atom. The van der Waals surface area contributed by atoms with Crippen molar-refractivity contribution in [3.05, 3.63) is 42.0 Å². The number of benzene rings is 2. The van der Waals surface area contributed by atoms with Crippen LogP contribution in [0.5, 0.6) is 11.5 Å². The molecule has 0 amide bonds. The van der Waals surface area contributed by atoms with Crippen LogP contribution in [0.1, 0.15) is 5.56 Å². The fourth-order valence-electron chi connectivity index (χ4n) is 2.53. The first-order valence-corrected chi connectivity index (χ1v) is 6.61. The molecule has 5 heteroatoms. The van der Waals surface area contributed by atoms with Crippen molar-refractivity contribution in [3.63, 3.8) is 0 Å². The maximum absolute atomic E-state index is 6.11. The quantitative estimate of drug-likeness (QED) is 0.802. The number of nitrogen functional groups attached to an aromatic ring is 1. The molecule has 2 aromatic carbocycles. The maximum atomic E-state index is 6.11. The molecule has 0 aliphatic heterocycles. The van der Waals surface area contributed by atoms with E-state index in [2.05, 4.69) is 4.98 Å². The third kappa shape index (κ3) is 2.07. The second-order valence-electron chi connectivity index (χ2n) is 4.79. The van der Waals surface area contributed by atoms with Gasteiger partial charge in [0, 0.05) is 6.07 Å². The Labute approximate surface area is 122 Å². The molecule has 0 fully saturated rings. The Kier molecular flexibility index (Phi) is 3.17. The number of imidazole rings is 1. The molecule has 0 aliphatic rings. The van der Waals surface area contributed by atoms with Crippen molar-refractivity contribution in [2.75, 3.05) is 20.0 Å². The zero-order valence-corrected chi connectivity index (χ0v) is 12.3. The minimum absolute atomic E-state index is 0.433. The van der Waals surface area contributed by atoms with Crippen LogP contribution in [0.15, 0.2) is 36.4 Å². The first-order chi connectivity index (χ1) is 10.2. The number of nitrogens with two attached hydrogens (primary N) is 1. The van der Waals surface area contributed by atoms with Gasteiger partial charge in [0.05, 0.1) is 30.9 Å². The molecule has 2 N–H and O–H groups in total. The molecule has 0 unspecified atom stereocenters. The number of aromatic nitrogens is 2. The molecule has 108 valence electrons. The van der Waals surface area contributed by atoms with Crippen molar-refractivity contribution in [1.82, 2.24) is 9.55 Å². The van der Waals surface area contributed by atoms with Gasteiger partial charge in [-0.15, -0.1) is 0 Å². The summed E-state index contributed by atoms with van der Waals surface area (Å²) in [4.78, 5) is 4.42. The van der Waals surface area contributed by atoms with Gasteiger partial charge in [0.1, 0.15) is 11.5 Å². The second-order valence-corrected chi connectivity index (χ2v) is 4.79. The monoisotopic (exact) mass is 283 g/mol. The summed E-state index contributed by atoms with van der Waals surface area (Å²) < 4.78 is 12.6. The van der Waals surface area contributed by atoms with Gasteiger partial charge < -0.3 is 15.2 Å². The summed E-state index contributed by atoms with van der Waals surface area (Å²) in [5.41, 5.74) is 9.91. The highest BCUT2D eigenvalue weighted by Crippen LogP contribution is 2.33. The van der Waals surface area contributed by atoms with E-state index in [1.54, 1.807) is 14.2 Å². The fourth-order valence-corrected chi connectivity index (χ4v) is 2.53. The van der Waals surface area contributed by atoms with Gasteiger partial charge in [-0.05, 0) is 30.7 Å². The van der Waals surface area contributed by atoms with E-state index in [-0.39, 0.29) is 0 Å². The lowest BCUT2D eigenvalue weighted by Crippen LogP contribution is -2.03. The molecule has 0 spiro atoms. The predicted molar refractivity (Wildman–Crippen MR) is 83.3 cm³/mol. The third-order valence-corrected chi connectivity index (χ3v) is 3.53. The Balaban J connectivity index is 2.32. The highest BCUT2D eigenvalue weighted by atomic mass is 16.5. The number of aryl methyl sites for hydroxylation is 1. The number of nitrogens with zero attached hydrogens (tertiary/aromatic N) is 2. The van der Waals surface area contributed by atoms with Crippen LogP contribution in [0, 0.1) is 6.92 Å². The van der Waals surface area contributed by atoms with Crippen molar-refractivity contribution in [2.24, 2.45) is 0 Å². The molecule has 21 heavy (non-hydrogen) atoms. The fraction of sp³-hybridized carbons (Fsp3) is 0.188. The van der Waals surface area contributed by atoms with Crippen LogP contribution in [0.2, 0.25) is 0 Å². The first kappa shape index (κ1) is 13.3. The highest BCUT2D eigenvalue weighted by molar-refractivity contribution is 5.84. The Morgan fingerprint density at radius 2 is 1.90 bits per heavy atom. The normalized spacial score (nSPS) is 10.8. The van der Waals surface area contributed by atoms with Gasteiger partial charge in [0.2, 0.25) is 5.95 Å². The molecule has 0 bridgehead atoms. The maximum Gasteiger partial charge on any atom is 0.206 e. The van der Waals surface area contributed by atoms with Gasteiger partial charge in [-0.1, -0.05) is 12.1 Å². The second kappa shape index (κ2) is 5.01. The van der Waals surface area contributed by atoms with Crippen LogP contribution < -0.4 is 15.2 Å². The largest absolute Gasteiger partial charge is 0.497 e. The predicted octanol–water partition coefficient (Wildman–Crippen LogP) is 2.93. The van der Waals surface area contributed by atoms with E-state index in [0.717, 1.165) is 28.0 Å². The molecule has 0 saturated heterocycles. The van der Waals surface area contributed by atoms with Crippen LogP contribution in [0.25, 0.3) is 16.7 Å². The van der Waals surface area contributed by atoms with Gasteiger partial charge in [-0.2, -0.15) is 0 Å². The smallest absolute Gasteiger partial charge is 0.206 e. The summed E-state index contributed by atoms with van der Waals surface area (Å²) in [7, 11) is 3.25. The van der Waals surface area contributed by atoms with E-state index in [1.807, 2.05) is 47.9 Å². The number of fused-ring (bicyclic) bond motifs is 1. The van der Waals surface area contributed by atoms with E-state index in [9.17, 15) is 0 Å². The third-order valence-electron chi connectivity index (χ3n) is 3.53. The summed E-state index contributed by atoms with van der Waals surface area (Å²) in [6.45, 7) is 2.04. The Bertz CT molecular complexity index is 809. The van der Waals surface area contributed by atoms with Crippen LogP contribution in [-0.2, 0) is 0 Å². The molecule has 3 aromatic rings. The van der Waals surface area contributed by atoms with Crippen molar-refractivity contribution in [2.45, 2.75) is 6.92 Å². The molecule has 1 heterocycles. The van der Waals surface area contributed by atoms with Gasteiger partial charge in [0.15, 0.2) is 0 Å². The average Bonchev–Trinajstić information content (AvgIpc) is 2.84. The van der Waals surface area contributed by atoms with Crippen LogP contribution in [-0.4, -0.2) is 23.8 Å². The van der Waals surface area contributed by atoms with E-state index < -0.39 is 0 Å². The number of methoxy groups -OCH3 is 2. The summed E-state index contributed by atoms with van der Waals surface area (Å²) in [5.74, 6) is 1.85. The van der Waals surface area contributed by atoms with Gasteiger partial charge in [-0.25, -0.2) is 4.98 Å². The van der Waals surface area contributed by atoms with Gasteiger partial charge in [-0.3, -0.25) is 4.57 Å². The van der Waals surface area contributed by atoms with E-state index in [0.29, 0.717) is 11.7 Å². The molecule has 1 aromatic heterocycles. The van der Waals surface area contributed by atoms with Crippen LogP contribution in [0.4, 0.5) is 5.95 Å². The molecular weight excluding hydrogens is 266 g/mol. The molecule has 0 saturated carbocycles. The number of rotatable bonds is 3. The molecule has 0 radical (unpaired) electrons. The van der Waals surface area contributed by atoms with Gasteiger partial charge >= 0.3 is 0 Å². The van der Waals surface area contributed by atoms with Crippen LogP contribution >= 0.6 is 0 Å². The lowest BCUT2D eigenvalue weighted by Gasteiger charge is -2.13. The number of para-hydroxylation sites is 1. The minimum atomic E-state index is 0.433. The SMILES string of the molecule is COc1ccc(-n2c(N)nc3cccc(C)c32)c(OC)c1.